The molecule has 9 nitrogen and oxygen atoms in total. The molecule has 1 unspecified atom stereocenters. The number of nitrogens with zero attached hydrogens (tertiary/aromatic N) is 2. The van der Waals surface area contributed by atoms with Crippen LogP contribution in [0.15, 0.2) is 30.5 Å². The van der Waals surface area contributed by atoms with Gasteiger partial charge in [-0.15, -0.1) is 0 Å². The van der Waals surface area contributed by atoms with Gasteiger partial charge in [0.15, 0.2) is 11.4 Å². The highest BCUT2D eigenvalue weighted by Crippen LogP contribution is 2.27. The van der Waals surface area contributed by atoms with Gasteiger partial charge in [0.2, 0.25) is 0 Å². The molecule has 0 saturated carbocycles. The van der Waals surface area contributed by atoms with Gasteiger partial charge in [0.05, 0.1) is 23.4 Å². The van der Waals surface area contributed by atoms with Crippen LogP contribution >= 0.6 is 0 Å². The third-order valence-corrected chi connectivity index (χ3v) is 6.10. The van der Waals surface area contributed by atoms with E-state index in [-0.39, 0.29) is 36.8 Å². The van der Waals surface area contributed by atoms with E-state index in [0.29, 0.717) is 23.3 Å². The van der Waals surface area contributed by atoms with Crippen molar-refractivity contribution >= 4 is 17.6 Å². The summed E-state index contributed by atoms with van der Waals surface area (Å²) in [5.74, 6) is -1.64. The number of ether oxygens (including phenoxy) is 3. The van der Waals surface area contributed by atoms with Crippen molar-refractivity contribution in [3.05, 3.63) is 64.6 Å². The van der Waals surface area contributed by atoms with E-state index in [9.17, 15) is 18.4 Å². The lowest BCUT2D eigenvalue weighted by Crippen LogP contribution is -2.54. The fourth-order valence-electron chi connectivity index (χ4n) is 3.89. The van der Waals surface area contributed by atoms with Gasteiger partial charge in [-0.1, -0.05) is 13.0 Å². The fraction of sp³-hybridized carbons (Fsp3) is 0.464. The van der Waals surface area contributed by atoms with Gasteiger partial charge in [0.1, 0.15) is 29.5 Å². The Morgan fingerprint density at radius 3 is 2.36 bits per heavy atom. The number of rotatable bonds is 10. The summed E-state index contributed by atoms with van der Waals surface area (Å²) in [5.41, 5.74) is -0.0166. The number of alkyl carbamates (subject to hydrolysis) is 1. The molecule has 0 spiro atoms. The Labute approximate surface area is 226 Å². The summed E-state index contributed by atoms with van der Waals surface area (Å²) in [7, 11) is 1.52. The molecule has 0 radical (unpaired) electrons. The fourth-order valence-corrected chi connectivity index (χ4v) is 3.89. The summed E-state index contributed by atoms with van der Waals surface area (Å²) in [4.78, 5) is 30.2. The number of fused-ring (bicyclic) bond motifs is 1. The SMILES string of the molecule is CCC(C)(CNC(=O)c1c(C)nc2c(OCc3c(F)cccc3F)cc(COC)cn12)NC(=O)OC(C)(C)C. The number of amides is 2. The smallest absolute Gasteiger partial charge is 0.408 e. The summed E-state index contributed by atoms with van der Waals surface area (Å²) in [6.07, 6.45) is 1.65. The molecule has 0 bridgehead atoms. The molecule has 1 aromatic carbocycles. The van der Waals surface area contributed by atoms with E-state index < -0.39 is 34.8 Å². The van der Waals surface area contributed by atoms with Crippen LogP contribution in [0.2, 0.25) is 0 Å². The Bertz CT molecular complexity index is 1330. The third-order valence-electron chi connectivity index (χ3n) is 6.10. The molecule has 212 valence electrons. The van der Waals surface area contributed by atoms with Crippen molar-refractivity contribution in [2.45, 2.75) is 72.3 Å². The number of halogens is 2. The lowest BCUT2D eigenvalue weighted by atomic mass is 9.99. The molecule has 2 aromatic heterocycles. The minimum Gasteiger partial charge on any atom is -0.485 e. The first-order valence-corrected chi connectivity index (χ1v) is 12.6. The molecule has 0 aliphatic heterocycles. The highest BCUT2D eigenvalue weighted by molar-refractivity contribution is 5.95. The monoisotopic (exact) mass is 546 g/mol. The molecule has 3 aromatic rings. The third kappa shape index (κ3) is 7.44. The van der Waals surface area contributed by atoms with E-state index >= 15 is 0 Å². The van der Waals surface area contributed by atoms with E-state index in [1.165, 1.54) is 13.2 Å². The molecule has 0 aliphatic rings. The number of hydrogen-bond acceptors (Lipinski definition) is 6. The molecule has 2 N–H and O–H groups in total. The number of benzene rings is 1. The second-order valence-electron chi connectivity index (χ2n) is 10.6. The summed E-state index contributed by atoms with van der Waals surface area (Å²) in [6.45, 7) is 10.6. The van der Waals surface area contributed by atoms with Crippen LogP contribution in [0.1, 0.15) is 68.3 Å². The first-order chi connectivity index (χ1) is 18.3. The second kappa shape index (κ2) is 12.0. The van der Waals surface area contributed by atoms with Crippen LogP contribution in [0.3, 0.4) is 0 Å². The van der Waals surface area contributed by atoms with E-state index in [1.807, 2.05) is 13.8 Å². The van der Waals surface area contributed by atoms with Crippen molar-refractivity contribution in [2.75, 3.05) is 13.7 Å². The topological polar surface area (TPSA) is 103 Å². The number of aryl methyl sites for hydroxylation is 1. The van der Waals surface area contributed by atoms with Crippen LogP contribution in [-0.4, -0.2) is 46.2 Å². The number of carbonyl (C=O) groups excluding carboxylic acids is 2. The van der Waals surface area contributed by atoms with Crippen LogP contribution in [0.25, 0.3) is 5.65 Å². The molecule has 11 heteroatoms. The summed E-state index contributed by atoms with van der Waals surface area (Å²) in [6, 6.07) is 5.25. The van der Waals surface area contributed by atoms with Crippen LogP contribution in [-0.2, 0) is 22.7 Å². The van der Waals surface area contributed by atoms with Crippen LogP contribution < -0.4 is 15.4 Å². The Morgan fingerprint density at radius 2 is 1.77 bits per heavy atom. The number of imidazole rings is 1. The molecule has 2 heterocycles. The largest absolute Gasteiger partial charge is 0.485 e. The minimum atomic E-state index is -0.772. The molecule has 2 amide bonds. The normalized spacial score (nSPS) is 13.2. The van der Waals surface area contributed by atoms with Gasteiger partial charge in [-0.2, -0.15) is 0 Å². The van der Waals surface area contributed by atoms with Gasteiger partial charge in [-0.05, 0) is 64.8 Å². The number of hydrogen-bond donors (Lipinski definition) is 2. The van der Waals surface area contributed by atoms with Gasteiger partial charge in [0, 0.05) is 19.9 Å². The number of carbonyl (C=O) groups is 2. The summed E-state index contributed by atoms with van der Waals surface area (Å²) >= 11 is 0. The van der Waals surface area contributed by atoms with Crippen LogP contribution in [0.5, 0.6) is 5.75 Å². The minimum absolute atomic E-state index is 0.127. The predicted molar refractivity (Wildman–Crippen MR) is 142 cm³/mol. The van der Waals surface area contributed by atoms with Crippen molar-refractivity contribution in [1.29, 1.82) is 0 Å². The van der Waals surface area contributed by atoms with Crippen molar-refractivity contribution in [3.8, 4) is 5.75 Å². The molecule has 0 aliphatic carbocycles. The predicted octanol–water partition coefficient (Wildman–Crippen LogP) is 5.07. The van der Waals surface area contributed by atoms with Gasteiger partial charge in [-0.25, -0.2) is 18.6 Å². The van der Waals surface area contributed by atoms with Crippen molar-refractivity contribution in [3.63, 3.8) is 0 Å². The average molecular weight is 547 g/mol. The van der Waals surface area contributed by atoms with Crippen molar-refractivity contribution < 1.29 is 32.6 Å². The van der Waals surface area contributed by atoms with E-state index in [0.717, 1.165) is 12.1 Å². The quantitative estimate of drug-likeness (QED) is 0.368. The average Bonchev–Trinajstić information content (AvgIpc) is 3.17. The summed E-state index contributed by atoms with van der Waals surface area (Å²) in [5, 5.41) is 5.71. The molecule has 39 heavy (non-hydrogen) atoms. The molecular formula is C28H36F2N4O5. The second-order valence-corrected chi connectivity index (χ2v) is 10.6. The first kappa shape index (κ1) is 29.8. The maximum Gasteiger partial charge on any atom is 0.408 e. The van der Waals surface area contributed by atoms with Gasteiger partial charge >= 0.3 is 6.09 Å². The lowest BCUT2D eigenvalue weighted by molar-refractivity contribution is 0.0456. The highest BCUT2D eigenvalue weighted by Gasteiger charge is 2.29. The van der Waals surface area contributed by atoms with Crippen LogP contribution in [0.4, 0.5) is 13.6 Å². The summed E-state index contributed by atoms with van der Waals surface area (Å²) < 4.78 is 46.3. The Morgan fingerprint density at radius 1 is 1.10 bits per heavy atom. The standard InChI is InChI=1S/C28H36F2N4O5/c1-8-28(6,33-26(36)39-27(3,4)5)16-31-25(35)23-17(2)32-24-22(12-18(14-37-7)13-34(23)24)38-15-19-20(29)10-9-11-21(19)30/h9-13H,8,14-16H2,1-7H3,(H,31,35)(H,33,36). The van der Waals surface area contributed by atoms with Crippen LogP contribution in [0, 0.1) is 18.6 Å². The lowest BCUT2D eigenvalue weighted by Gasteiger charge is -2.31. The maximum absolute atomic E-state index is 14.2. The van der Waals surface area contributed by atoms with Crippen molar-refractivity contribution in [2.24, 2.45) is 0 Å². The van der Waals surface area contributed by atoms with E-state index in [2.05, 4.69) is 15.6 Å². The molecular weight excluding hydrogens is 510 g/mol. The zero-order valence-corrected chi connectivity index (χ0v) is 23.4. The van der Waals surface area contributed by atoms with E-state index in [4.69, 9.17) is 14.2 Å². The number of methoxy groups -OCH3 is 1. The molecule has 0 fully saturated rings. The van der Waals surface area contributed by atoms with Crippen molar-refractivity contribution in [1.82, 2.24) is 20.0 Å². The van der Waals surface area contributed by atoms with Gasteiger partial charge in [-0.3, -0.25) is 9.20 Å². The zero-order valence-electron chi connectivity index (χ0n) is 23.4. The van der Waals surface area contributed by atoms with E-state index in [1.54, 1.807) is 44.4 Å². The first-order valence-electron chi connectivity index (χ1n) is 12.6. The Hall–Kier alpha value is -3.73. The molecule has 1 atom stereocenters. The number of nitrogens with one attached hydrogen (secondary N) is 2. The maximum atomic E-state index is 14.2. The Balaban J connectivity index is 1.88. The highest BCUT2D eigenvalue weighted by atomic mass is 19.1. The zero-order chi connectivity index (χ0) is 29.0. The van der Waals surface area contributed by atoms with Gasteiger partial charge < -0.3 is 24.8 Å². The Kier molecular flexibility index (Phi) is 9.16. The number of aromatic nitrogens is 2. The van der Waals surface area contributed by atoms with Gasteiger partial charge in [0.25, 0.3) is 5.91 Å². The number of pyridine rings is 1. The molecule has 3 rings (SSSR count). The molecule has 0 saturated heterocycles.